The van der Waals surface area contributed by atoms with Crippen LogP contribution in [-0.4, -0.2) is 11.5 Å². The second-order valence-electron chi connectivity index (χ2n) is 4.41. The van der Waals surface area contributed by atoms with E-state index in [4.69, 9.17) is 5.73 Å². The molecular weight excluding hydrogens is 308 g/mol. The predicted octanol–water partition coefficient (Wildman–Crippen LogP) is 3.81. The van der Waals surface area contributed by atoms with Crippen LogP contribution in [0.25, 0.3) is 0 Å². The van der Waals surface area contributed by atoms with Crippen LogP contribution in [0.4, 0.5) is 0 Å². The van der Waals surface area contributed by atoms with Gasteiger partial charge in [0.25, 0.3) is 0 Å². The molecule has 2 aromatic rings. The minimum Gasteiger partial charge on any atom is -0.330 e. The summed E-state index contributed by atoms with van der Waals surface area (Å²) in [6.45, 7) is 4.82. The highest BCUT2D eigenvalue weighted by atomic mass is 79.9. The van der Waals surface area contributed by atoms with Gasteiger partial charge >= 0.3 is 0 Å². The van der Waals surface area contributed by atoms with Crippen LogP contribution >= 0.6 is 27.3 Å². The molecule has 2 N–H and O–H groups in total. The van der Waals surface area contributed by atoms with Crippen LogP contribution in [0, 0.1) is 13.8 Å². The molecular formula is C14H17BrN2S. The van der Waals surface area contributed by atoms with Crippen LogP contribution in [0.2, 0.25) is 0 Å². The van der Waals surface area contributed by atoms with Gasteiger partial charge in [-0.1, -0.05) is 34.1 Å². The van der Waals surface area contributed by atoms with Crippen molar-refractivity contribution in [1.82, 2.24) is 4.98 Å². The molecule has 0 fully saturated rings. The van der Waals surface area contributed by atoms with E-state index in [1.165, 1.54) is 15.4 Å². The SMILES string of the molecule is Cc1nc(CC(CN)c2ccccc2Br)sc1C. The molecule has 0 saturated heterocycles. The number of aromatic nitrogens is 1. The fraction of sp³-hybridized carbons (Fsp3) is 0.357. The molecule has 4 heteroatoms. The molecule has 0 spiro atoms. The summed E-state index contributed by atoms with van der Waals surface area (Å²) in [5.74, 6) is 0.325. The maximum absolute atomic E-state index is 5.92. The lowest BCUT2D eigenvalue weighted by Gasteiger charge is -2.15. The Bertz CT molecular complexity index is 517. The third-order valence-electron chi connectivity index (χ3n) is 3.12. The first kappa shape index (κ1) is 13.7. The summed E-state index contributed by atoms with van der Waals surface area (Å²) >= 11 is 5.37. The average Bonchev–Trinajstić information content (AvgIpc) is 2.66. The molecule has 0 aliphatic rings. The van der Waals surface area contributed by atoms with E-state index in [1.54, 1.807) is 11.3 Å². The van der Waals surface area contributed by atoms with Crippen molar-refractivity contribution in [2.75, 3.05) is 6.54 Å². The summed E-state index contributed by atoms with van der Waals surface area (Å²) in [6.07, 6.45) is 0.915. The van der Waals surface area contributed by atoms with E-state index in [1.807, 2.05) is 6.07 Å². The summed E-state index contributed by atoms with van der Waals surface area (Å²) < 4.78 is 1.13. The van der Waals surface area contributed by atoms with Gasteiger partial charge in [0.05, 0.1) is 10.7 Å². The quantitative estimate of drug-likeness (QED) is 0.928. The van der Waals surface area contributed by atoms with Crippen LogP contribution in [0.5, 0.6) is 0 Å². The Hall–Kier alpha value is -0.710. The number of nitrogens with zero attached hydrogens (tertiary/aromatic N) is 1. The van der Waals surface area contributed by atoms with Crippen LogP contribution < -0.4 is 5.73 Å². The zero-order chi connectivity index (χ0) is 13.1. The Kier molecular flexibility index (Phi) is 4.54. The molecule has 2 nitrogen and oxygen atoms in total. The van der Waals surface area contributed by atoms with E-state index in [9.17, 15) is 0 Å². The van der Waals surface area contributed by atoms with E-state index in [2.05, 4.69) is 53.0 Å². The van der Waals surface area contributed by atoms with E-state index in [0.717, 1.165) is 16.6 Å². The molecule has 1 heterocycles. The Balaban J connectivity index is 2.22. The molecule has 0 amide bonds. The number of hydrogen-bond donors (Lipinski definition) is 1. The molecule has 1 atom stereocenters. The van der Waals surface area contributed by atoms with Crippen LogP contribution in [0.15, 0.2) is 28.7 Å². The van der Waals surface area contributed by atoms with Crippen molar-refractivity contribution in [2.45, 2.75) is 26.2 Å². The third kappa shape index (κ3) is 2.99. The Labute approximate surface area is 120 Å². The smallest absolute Gasteiger partial charge is 0.0937 e. The fourth-order valence-electron chi connectivity index (χ4n) is 1.96. The molecule has 1 unspecified atom stereocenters. The van der Waals surface area contributed by atoms with E-state index in [-0.39, 0.29) is 0 Å². The normalized spacial score (nSPS) is 12.7. The van der Waals surface area contributed by atoms with Gasteiger partial charge in [-0.25, -0.2) is 4.98 Å². The van der Waals surface area contributed by atoms with Gasteiger partial charge in [0.2, 0.25) is 0 Å². The third-order valence-corrected chi connectivity index (χ3v) is 4.94. The van der Waals surface area contributed by atoms with Gasteiger partial charge in [0.1, 0.15) is 0 Å². The topological polar surface area (TPSA) is 38.9 Å². The molecule has 1 aromatic heterocycles. The van der Waals surface area contributed by atoms with Crippen molar-refractivity contribution in [3.63, 3.8) is 0 Å². The summed E-state index contributed by atoms with van der Waals surface area (Å²) in [7, 11) is 0. The highest BCUT2D eigenvalue weighted by molar-refractivity contribution is 9.10. The van der Waals surface area contributed by atoms with Gasteiger partial charge in [0, 0.05) is 21.7 Å². The van der Waals surface area contributed by atoms with Gasteiger partial charge in [-0.3, -0.25) is 0 Å². The molecule has 0 bridgehead atoms. The minimum absolute atomic E-state index is 0.325. The zero-order valence-corrected chi connectivity index (χ0v) is 13.0. The van der Waals surface area contributed by atoms with Gasteiger partial charge in [-0.15, -0.1) is 11.3 Å². The highest BCUT2D eigenvalue weighted by Crippen LogP contribution is 2.29. The first-order chi connectivity index (χ1) is 8.61. The van der Waals surface area contributed by atoms with Crippen LogP contribution in [0.3, 0.4) is 0 Å². The second kappa shape index (κ2) is 5.95. The van der Waals surface area contributed by atoms with Crippen molar-refractivity contribution >= 4 is 27.3 Å². The molecule has 2 rings (SSSR count). The predicted molar refractivity (Wildman–Crippen MR) is 81.2 cm³/mol. The van der Waals surface area contributed by atoms with Crippen LogP contribution in [0.1, 0.15) is 27.1 Å². The summed E-state index contributed by atoms with van der Waals surface area (Å²) in [6, 6.07) is 8.28. The van der Waals surface area contributed by atoms with Crippen molar-refractivity contribution < 1.29 is 0 Å². The van der Waals surface area contributed by atoms with Gasteiger partial charge < -0.3 is 5.73 Å². The molecule has 96 valence electrons. The number of aryl methyl sites for hydroxylation is 2. The summed E-state index contributed by atoms with van der Waals surface area (Å²) in [5, 5.41) is 1.18. The van der Waals surface area contributed by atoms with Crippen molar-refractivity contribution in [1.29, 1.82) is 0 Å². The first-order valence-corrected chi connectivity index (χ1v) is 7.60. The molecule has 1 aromatic carbocycles. The Morgan fingerprint density at radius 1 is 1.33 bits per heavy atom. The largest absolute Gasteiger partial charge is 0.330 e. The van der Waals surface area contributed by atoms with Crippen molar-refractivity contribution in [3.8, 4) is 0 Å². The lowest BCUT2D eigenvalue weighted by Crippen LogP contribution is -2.15. The summed E-state index contributed by atoms with van der Waals surface area (Å²) in [4.78, 5) is 5.90. The average molecular weight is 325 g/mol. The standard InChI is InChI=1S/C14H17BrN2S/c1-9-10(2)18-14(17-9)7-11(8-16)12-5-3-4-6-13(12)15/h3-6,11H,7-8,16H2,1-2H3. The highest BCUT2D eigenvalue weighted by Gasteiger charge is 2.15. The zero-order valence-electron chi connectivity index (χ0n) is 10.6. The van der Waals surface area contributed by atoms with Crippen LogP contribution in [-0.2, 0) is 6.42 Å². The number of hydrogen-bond acceptors (Lipinski definition) is 3. The van der Waals surface area contributed by atoms with Gasteiger partial charge in [0.15, 0.2) is 0 Å². The molecule has 0 aliphatic heterocycles. The van der Waals surface area contributed by atoms with Gasteiger partial charge in [-0.05, 0) is 32.0 Å². The fourth-order valence-corrected chi connectivity index (χ4v) is 3.59. The maximum Gasteiger partial charge on any atom is 0.0937 e. The number of benzene rings is 1. The number of thiazole rings is 1. The molecule has 0 radical (unpaired) electrons. The number of nitrogens with two attached hydrogens (primary N) is 1. The first-order valence-electron chi connectivity index (χ1n) is 5.99. The second-order valence-corrected chi connectivity index (χ2v) is 6.55. The number of rotatable bonds is 4. The Morgan fingerprint density at radius 2 is 2.06 bits per heavy atom. The lowest BCUT2D eigenvalue weighted by atomic mass is 9.96. The van der Waals surface area contributed by atoms with E-state index in [0.29, 0.717) is 12.5 Å². The lowest BCUT2D eigenvalue weighted by molar-refractivity contribution is 0.687. The van der Waals surface area contributed by atoms with E-state index >= 15 is 0 Å². The van der Waals surface area contributed by atoms with Crippen molar-refractivity contribution in [3.05, 3.63) is 49.9 Å². The maximum atomic E-state index is 5.92. The Morgan fingerprint density at radius 3 is 2.61 bits per heavy atom. The number of halogens is 1. The minimum atomic E-state index is 0.325. The molecule has 0 aliphatic carbocycles. The molecule has 18 heavy (non-hydrogen) atoms. The van der Waals surface area contributed by atoms with Gasteiger partial charge in [-0.2, -0.15) is 0 Å². The van der Waals surface area contributed by atoms with E-state index < -0.39 is 0 Å². The monoisotopic (exact) mass is 324 g/mol. The van der Waals surface area contributed by atoms with Crippen molar-refractivity contribution in [2.24, 2.45) is 5.73 Å². The molecule has 0 saturated carbocycles. The summed E-state index contributed by atoms with van der Waals surface area (Å²) in [5.41, 5.74) is 8.33.